The molecule has 0 saturated carbocycles. The SMILES string of the molecule is [C+4].[Cl-].[Cl-].[Cl-].[Cl-].[Cl-].[Cl-].[Fe+2]. The summed E-state index contributed by atoms with van der Waals surface area (Å²) in [5.41, 5.74) is 0. The van der Waals surface area contributed by atoms with Gasteiger partial charge in [-0.25, -0.2) is 0 Å². The standard InChI is InChI=1S/C.6ClH.Fe/h;6*1H;/q+4;;;;;;;+2/p-6. The van der Waals surface area contributed by atoms with Gasteiger partial charge >= 0.3 is 24.5 Å². The van der Waals surface area contributed by atoms with Crippen LogP contribution in [-0.4, -0.2) is 0 Å². The average molecular weight is 281 g/mol. The Kier molecular flexibility index (Phi) is 2660. The molecule has 7 heteroatoms. The first-order valence-electron chi connectivity index (χ1n) is 0. The Hall–Kier alpha value is 2.26. The van der Waals surface area contributed by atoms with Crippen molar-refractivity contribution < 1.29 is 91.5 Å². The Bertz CT molecular complexity index is 8.49. The van der Waals surface area contributed by atoms with Crippen molar-refractivity contribution in [2.45, 2.75) is 0 Å². The topological polar surface area (TPSA) is 0 Å². The quantitative estimate of drug-likeness (QED) is 0.387. The van der Waals surface area contributed by atoms with E-state index in [9.17, 15) is 0 Å². The van der Waals surface area contributed by atoms with Gasteiger partial charge in [0.25, 0.3) is 0 Å². The predicted molar refractivity (Wildman–Crippen MR) is 3.24 cm³/mol. The maximum absolute atomic E-state index is 0. The van der Waals surface area contributed by atoms with Gasteiger partial charge in [0.15, 0.2) is 0 Å². The van der Waals surface area contributed by atoms with Crippen LogP contribution in [0, 0.1) is 7.43 Å². The summed E-state index contributed by atoms with van der Waals surface area (Å²) in [5.74, 6) is 0. The summed E-state index contributed by atoms with van der Waals surface area (Å²) < 4.78 is 0. The number of rotatable bonds is 0. The second-order valence-corrected chi connectivity index (χ2v) is 0. The molecule has 0 N–H and O–H groups in total. The zero-order valence-corrected chi connectivity index (χ0v) is 8.76. The number of hydrogen-bond acceptors (Lipinski definition) is 0. The molecule has 0 spiro atoms. The molecule has 0 aromatic carbocycles. The van der Waals surface area contributed by atoms with Crippen LogP contribution >= 0.6 is 0 Å². The van der Waals surface area contributed by atoms with E-state index in [2.05, 4.69) is 0 Å². The molecule has 0 saturated heterocycles. The summed E-state index contributed by atoms with van der Waals surface area (Å²) in [7, 11) is 0. The van der Waals surface area contributed by atoms with Gasteiger partial charge in [0.05, 0.1) is 0 Å². The predicted octanol–water partition coefficient (Wildman–Crippen LogP) is -17.9. The Labute approximate surface area is 98.3 Å². The van der Waals surface area contributed by atoms with Gasteiger partial charge in [0.1, 0.15) is 0 Å². The normalized spacial score (nSPS) is 0. The fraction of sp³-hybridized carbons (Fsp3) is 0. The van der Waals surface area contributed by atoms with Crippen LogP contribution in [0.4, 0.5) is 0 Å². The molecule has 0 radical (unpaired) electrons. The smallest absolute Gasteiger partial charge is 1.00 e. The average Bonchev–Trinajstić information content (AvgIpc) is 0. The molecule has 0 atom stereocenters. The first kappa shape index (κ1) is 172. The Morgan fingerprint density at radius 2 is 0.375 bits per heavy atom. The van der Waals surface area contributed by atoms with Crippen molar-refractivity contribution in [1.29, 1.82) is 0 Å². The van der Waals surface area contributed by atoms with E-state index in [1.807, 2.05) is 0 Å². The molecule has 0 aromatic heterocycles. The van der Waals surface area contributed by atoms with E-state index < -0.39 is 0 Å². The zero-order valence-electron chi connectivity index (χ0n) is 3.12. The van der Waals surface area contributed by atoms with Crippen molar-refractivity contribution in [2.75, 3.05) is 0 Å². The number of halogens is 6. The van der Waals surface area contributed by atoms with E-state index >= 15 is 0 Å². The third-order valence-electron chi connectivity index (χ3n) is 0. The second-order valence-electron chi connectivity index (χ2n) is 0. The van der Waals surface area contributed by atoms with Crippen LogP contribution in [0.25, 0.3) is 0 Å². The first-order chi connectivity index (χ1) is 0. The van der Waals surface area contributed by atoms with Gasteiger partial charge in [-0.15, -0.1) is 0 Å². The summed E-state index contributed by atoms with van der Waals surface area (Å²) in [4.78, 5) is 0. The second kappa shape index (κ2) is 124. The molecule has 0 aromatic rings. The van der Waals surface area contributed by atoms with Crippen molar-refractivity contribution in [3.05, 3.63) is 7.43 Å². The maximum atomic E-state index is 0. The van der Waals surface area contributed by atoms with Gasteiger partial charge in [-0.2, -0.15) is 0 Å². The molecule has 8 heavy (non-hydrogen) atoms. The zero-order chi connectivity index (χ0) is 0. The molecule has 0 nitrogen and oxygen atoms in total. The van der Waals surface area contributed by atoms with Gasteiger partial charge in [-0.1, -0.05) is 0 Å². The maximum Gasteiger partial charge on any atom is 4.00 e. The van der Waals surface area contributed by atoms with Crippen LogP contribution in [0.5, 0.6) is 0 Å². The van der Waals surface area contributed by atoms with Crippen molar-refractivity contribution in [2.24, 2.45) is 0 Å². The van der Waals surface area contributed by atoms with E-state index in [1.165, 1.54) is 0 Å². The Morgan fingerprint density at radius 1 is 0.375 bits per heavy atom. The molecule has 0 amide bonds. The van der Waals surface area contributed by atoms with Crippen LogP contribution in [0.15, 0.2) is 0 Å². The van der Waals surface area contributed by atoms with Gasteiger partial charge in [0.2, 0.25) is 0 Å². The summed E-state index contributed by atoms with van der Waals surface area (Å²) >= 11 is 0. The number of hydrogen-bond donors (Lipinski definition) is 0. The van der Waals surface area contributed by atoms with E-state index in [-0.39, 0.29) is 98.9 Å². The summed E-state index contributed by atoms with van der Waals surface area (Å²) in [6, 6.07) is 0. The van der Waals surface area contributed by atoms with Crippen molar-refractivity contribution in [1.82, 2.24) is 0 Å². The van der Waals surface area contributed by atoms with Gasteiger partial charge in [-0.3, -0.25) is 0 Å². The summed E-state index contributed by atoms with van der Waals surface area (Å²) in [5, 5.41) is 0. The molecule has 0 fully saturated rings. The molecular formula is CCl6Fe. The Morgan fingerprint density at radius 3 is 0.375 bits per heavy atom. The monoisotopic (exact) mass is 278 g/mol. The van der Waals surface area contributed by atoms with Crippen LogP contribution in [0.3, 0.4) is 0 Å². The van der Waals surface area contributed by atoms with Crippen molar-refractivity contribution in [3.8, 4) is 0 Å². The minimum atomic E-state index is 0. The minimum absolute atomic E-state index is 0. The van der Waals surface area contributed by atoms with Gasteiger partial charge in [0, 0.05) is 0 Å². The molecule has 0 aliphatic carbocycles. The summed E-state index contributed by atoms with van der Waals surface area (Å²) in [6.45, 7) is 0. The third-order valence-corrected chi connectivity index (χ3v) is 0. The van der Waals surface area contributed by atoms with Gasteiger partial charge < -0.3 is 74.4 Å². The molecule has 0 bridgehead atoms. The molecule has 0 aliphatic rings. The van der Waals surface area contributed by atoms with Crippen LogP contribution in [-0.2, 0) is 17.1 Å². The Balaban J connectivity index is 0. The molecule has 0 unspecified atom stereocenters. The third kappa shape index (κ3) is 85.3. The fourth-order valence-electron chi connectivity index (χ4n) is 0. The largest absolute Gasteiger partial charge is 4.00 e. The first-order valence-corrected chi connectivity index (χ1v) is 0. The molecule has 0 aliphatic heterocycles. The van der Waals surface area contributed by atoms with E-state index in [0.717, 1.165) is 0 Å². The van der Waals surface area contributed by atoms with Gasteiger partial charge in [-0.05, 0) is 0 Å². The van der Waals surface area contributed by atoms with Crippen molar-refractivity contribution >= 4 is 0 Å². The van der Waals surface area contributed by atoms with Crippen LogP contribution in [0.2, 0.25) is 0 Å². The molecule has 0 heterocycles. The fourth-order valence-corrected chi connectivity index (χ4v) is 0. The van der Waals surface area contributed by atoms with E-state index in [1.54, 1.807) is 0 Å². The van der Waals surface area contributed by atoms with E-state index in [4.69, 9.17) is 0 Å². The van der Waals surface area contributed by atoms with Crippen molar-refractivity contribution in [3.63, 3.8) is 0 Å². The molecule has 0 rings (SSSR count). The molecular weight excluding hydrogens is 281 g/mol. The van der Waals surface area contributed by atoms with Crippen LogP contribution in [0.1, 0.15) is 0 Å². The summed E-state index contributed by atoms with van der Waals surface area (Å²) in [6.07, 6.45) is 0. The minimum Gasteiger partial charge on any atom is -1.00 e. The molecule has 54 valence electrons. The van der Waals surface area contributed by atoms with Crippen LogP contribution < -0.4 is 74.4 Å². The van der Waals surface area contributed by atoms with E-state index in [0.29, 0.717) is 0 Å².